The van der Waals surface area contributed by atoms with Gasteiger partial charge in [-0.25, -0.2) is 0 Å². The molecule has 1 rings (SSSR count). The summed E-state index contributed by atoms with van der Waals surface area (Å²) in [5, 5.41) is 19.8. The summed E-state index contributed by atoms with van der Waals surface area (Å²) in [6.07, 6.45) is 0.811. The first-order valence-electron chi connectivity index (χ1n) is 6.23. The molecule has 21 heavy (non-hydrogen) atoms. The Morgan fingerprint density at radius 2 is 2.14 bits per heavy atom. The van der Waals surface area contributed by atoms with Gasteiger partial charge in [0, 0.05) is 12.6 Å². The van der Waals surface area contributed by atoms with Crippen LogP contribution in [0.5, 0.6) is 5.75 Å². The number of nitro groups is 1. The summed E-state index contributed by atoms with van der Waals surface area (Å²) < 4.78 is 4.93. The number of methoxy groups -OCH3 is 1. The topological polar surface area (TPSA) is 92.9 Å². The van der Waals surface area contributed by atoms with Crippen molar-refractivity contribution in [2.75, 3.05) is 20.2 Å². The second-order valence-corrected chi connectivity index (χ2v) is 4.37. The van der Waals surface area contributed by atoms with Crippen LogP contribution in [0, 0.1) is 10.1 Å². The van der Waals surface area contributed by atoms with Crippen molar-refractivity contribution in [1.29, 1.82) is 0 Å². The molecule has 0 bridgehead atoms. The number of rotatable bonds is 8. The predicted molar refractivity (Wildman–Crippen MR) is 80.1 cm³/mol. The molecule has 0 unspecified atom stereocenters. The van der Waals surface area contributed by atoms with E-state index in [-0.39, 0.29) is 30.4 Å². The lowest BCUT2D eigenvalue weighted by Gasteiger charge is -2.19. The van der Waals surface area contributed by atoms with Gasteiger partial charge in [0.1, 0.15) is 0 Å². The first-order valence-corrected chi connectivity index (χ1v) is 6.23. The molecule has 7 nitrogen and oxygen atoms in total. The molecule has 0 saturated heterocycles. The smallest absolute Gasteiger partial charge is 0.317 e. The number of carboxylic acid groups (broad SMARTS) is 1. The largest absolute Gasteiger partial charge is 0.490 e. The first kappa shape index (κ1) is 19.1. The maximum Gasteiger partial charge on any atom is 0.317 e. The van der Waals surface area contributed by atoms with E-state index in [9.17, 15) is 14.9 Å². The fourth-order valence-corrected chi connectivity index (χ4v) is 1.96. The fraction of sp³-hybridized carbons (Fsp3) is 0.462. The molecule has 0 aliphatic heterocycles. The van der Waals surface area contributed by atoms with Crippen molar-refractivity contribution in [2.45, 2.75) is 19.9 Å². The number of nitrogens with zero attached hydrogens (tertiary/aromatic N) is 2. The van der Waals surface area contributed by atoms with Crippen molar-refractivity contribution in [3.63, 3.8) is 0 Å². The van der Waals surface area contributed by atoms with Gasteiger partial charge < -0.3 is 9.84 Å². The highest BCUT2D eigenvalue weighted by molar-refractivity contribution is 5.85. The number of hydrogen-bond donors (Lipinski definition) is 1. The van der Waals surface area contributed by atoms with Crippen LogP contribution < -0.4 is 4.74 Å². The van der Waals surface area contributed by atoms with E-state index in [1.807, 2.05) is 6.92 Å². The van der Waals surface area contributed by atoms with Crippen LogP contribution in [0.1, 0.15) is 18.9 Å². The zero-order valence-corrected chi connectivity index (χ0v) is 12.8. The lowest BCUT2D eigenvalue weighted by Crippen LogP contribution is -2.30. The fourth-order valence-electron chi connectivity index (χ4n) is 1.96. The number of nitro benzene ring substituents is 1. The van der Waals surface area contributed by atoms with Gasteiger partial charge >= 0.3 is 11.7 Å². The van der Waals surface area contributed by atoms with Gasteiger partial charge in [0.15, 0.2) is 5.75 Å². The van der Waals surface area contributed by atoms with Crippen LogP contribution in [0.15, 0.2) is 18.2 Å². The summed E-state index contributed by atoms with van der Waals surface area (Å²) in [6, 6.07) is 4.65. The van der Waals surface area contributed by atoms with Crippen molar-refractivity contribution in [3.8, 4) is 5.75 Å². The van der Waals surface area contributed by atoms with Crippen LogP contribution in [-0.2, 0) is 11.3 Å². The van der Waals surface area contributed by atoms with Gasteiger partial charge in [0.2, 0.25) is 0 Å². The van der Waals surface area contributed by atoms with Gasteiger partial charge in [0.25, 0.3) is 0 Å². The minimum atomic E-state index is -0.915. The van der Waals surface area contributed by atoms with E-state index in [1.54, 1.807) is 11.0 Å². The summed E-state index contributed by atoms with van der Waals surface area (Å²) >= 11 is 0. The van der Waals surface area contributed by atoms with Crippen LogP contribution >= 0.6 is 12.4 Å². The molecule has 0 saturated carbocycles. The first-order chi connectivity index (χ1) is 9.47. The van der Waals surface area contributed by atoms with E-state index >= 15 is 0 Å². The maximum absolute atomic E-state index is 10.9. The average molecular weight is 319 g/mol. The normalized spacial score (nSPS) is 10.0. The van der Waals surface area contributed by atoms with Gasteiger partial charge in [-0.15, -0.1) is 12.4 Å². The minimum absolute atomic E-state index is 0. The molecule has 1 aromatic rings. The van der Waals surface area contributed by atoms with Crippen LogP contribution in [0.25, 0.3) is 0 Å². The molecule has 8 heteroatoms. The molecule has 0 aliphatic rings. The highest BCUT2D eigenvalue weighted by Gasteiger charge is 2.17. The van der Waals surface area contributed by atoms with E-state index in [1.165, 1.54) is 19.2 Å². The summed E-state index contributed by atoms with van der Waals surface area (Å²) in [5.74, 6) is -0.722. The number of ether oxygens (including phenoxy) is 1. The summed E-state index contributed by atoms with van der Waals surface area (Å²) in [5.41, 5.74) is 0.573. The maximum atomic E-state index is 10.9. The molecule has 0 atom stereocenters. The van der Waals surface area contributed by atoms with E-state index in [2.05, 4.69) is 0 Å². The van der Waals surface area contributed by atoms with Crippen molar-refractivity contribution >= 4 is 24.1 Å². The quantitative estimate of drug-likeness (QED) is 0.584. The molecular formula is C13H19ClN2O5. The van der Waals surface area contributed by atoms with Gasteiger partial charge in [-0.1, -0.05) is 13.0 Å². The van der Waals surface area contributed by atoms with Crippen LogP contribution in [0.2, 0.25) is 0 Å². The number of aliphatic carboxylic acids is 1. The number of benzene rings is 1. The zero-order valence-electron chi connectivity index (χ0n) is 11.9. The summed E-state index contributed by atoms with van der Waals surface area (Å²) in [6.45, 7) is 2.83. The van der Waals surface area contributed by atoms with Gasteiger partial charge in [-0.05, 0) is 24.6 Å². The second-order valence-electron chi connectivity index (χ2n) is 4.37. The van der Waals surface area contributed by atoms with Crippen molar-refractivity contribution in [3.05, 3.63) is 33.9 Å². The Morgan fingerprint density at radius 1 is 1.48 bits per heavy atom. The van der Waals surface area contributed by atoms with Crippen LogP contribution in [-0.4, -0.2) is 41.1 Å². The Balaban J connectivity index is 0.00000400. The molecule has 0 aromatic heterocycles. The van der Waals surface area contributed by atoms with Crippen molar-refractivity contribution in [1.82, 2.24) is 4.90 Å². The average Bonchev–Trinajstić information content (AvgIpc) is 2.38. The third-order valence-corrected chi connectivity index (χ3v) is 2.74. The predicted octanol–water partition coefficient (Wildman–Crippen LogP) is 2.32. The van der Waals surface area contributed by atoms with Crippen LogP contribution in [0.3, 0.4) is 0 Å². The number of carboxylic acids is 1. The summed E-state index contributed by atoms with van der Waals surface area (Å²) in [7, 11) is 1.37. The SMILES string of the molecule is CCCN(CC(=O)O)Cc1ccc(OC)c([N+](=O)[O-])c1.Cl. The lowest BCUT2D eigenvalue weighted by molar-refractivity contribution is -0.385. The highest BCUT2D eigenvalue weighted by atomic mass is 35.5. The highest BCUT2D eigenvalue weighted by Crippen LogP contribution is 2.27. The van der Waals surface area contributed by atoms with Crippen molar-refractivity contribution < 1.29 is 19.6 Å². The van der Waals surface area contributed by atoms with Crippen molar-refractivity contribution in [2.24, 2.45) is 0 Å². The Bertz CT molecular complexity index is 495. The molecule has 0 radical (unpaired) electrons. The summed E-state index contributed by atoms with van der Waals surface area (Å²) in [4.78, 5) is 22.9. The van der Waals surface area contributed by atoms with Gasteiger partial charge in [-0.3, -0.25) is 19.8 Å². The van der Waals surface area contributed by atoms with Crippen LogP contribution in [0.4, 0.5) is 5.69 Å². The molecular weight excluding hydrogens is 300 g/mol. The number of hydrogen-bond acceptors (Lipinski definition) is 5. The number of carbonyl (C=O) groups is 1. The molecule has 0 heterocycles. The Hall–Kier alpha value is -1.86. The minimum Gasteiger partial charge on any atom is -0.490 e. The Labute approximate surface area is 129 Å². The third-order valence-electron chi connectivity index (χ3n) is 2.74. The second kappa shape index (κ2) is 9.15. The zero-order chi connectivity index (χ0) is 15.1. The molecule has 0 fully saturated rings. The standard InChI is InChI=1S/C13H18N2O5.ClH/c1-3-6-14(9-13(16)17)8-10-4-5-12(20-2)11(7-10)15(18)19;/h4-5,7H,3,6,8-9H2,1-2H3,(H,16,17);1H. The molecule has 0 aliphatic carbocycles. The van der Waals surface area contributed by atoms with Gasteiger partial charge in [-0.2, -0.15) is 0 Å². The lowest BCUT2D eigenvalue weighted by atomic mass is 10.1. The molecule has 0 spiro atoms. The molecule has 0 amide bonds. The monoisotopic (exact) mass is 318 g/mol. The van der Waals surface area contributed by atoms with E-state index < -0.39 is 10.9 Å². The Morgan fingerprint density at radius 3 is 2.62 bits per heavy atom. The molecule has 118 valence electrons. The Kier molecular flexibility index (Phi) is 8.34. The third kappa shape index (κ3) is 5.97. The van der Waals surface area contributed by atoms with Gasteiger partial charge in [0.05, 0.1) is 18.6 Å². The molecule has 1 aromatic carbocycles. The van der Waals surface area contributed by atoms with E-state index in [0.717, 1.165) is 6.42 Å². The van der Waals surface area contributed by atoms with E-state index in [0.29, 0.717) is 18.7 Å². The number of halogens is 1. The van der Waals surface area contributed by atoms with E-state index in [4.69, 9.17) is 9.84 Å². The molecule has 1 N–H and O–H groups in total.